The van der Waals surface area contributed by atoms with Crippen LogP contribution in [-0.2, 0) is 21.2 Å². The van der Waals surface area contributed by atoms with Crippen molar-refractivity contribution in [2.75, 3.05) is 25.4 Å². The molecule has 9 heteroatoms. The van der Waals surface area contributed by atoms with E-state index in [9.17, 15) is 18.4 Å². The van der Waals surface area contributed by atoms with Crippen molar-refractivity contribution in [2.45, 2.75) is 38.7 Å². The third kappa shape index (κ3) is 6.66. The van der Waals surface area contributed by atoms with E-state index in [0.29, 0.717) is 37.8 Å². The molecule has 2 aromatic carbocycles. The SMILES string of the molecule is Cc1cc(COc2ccc(S(=O)(=O)C[C@@H]3CN(CC(C)C)CC[C@@H]3C(=O)NO)cc2)c2ccccc2n1. The first-order chi connectivity index (χ1) is 17.7. The lowest BCUT2D eigenvalue weighted by atomic mass is 9.86. The van der Waals surface area contributed by atoms with Crippen LogP contribution in [0.1, 0.15) is 31.5 Å². The summed E-state index contributed by atoms with van der Waals surface area (Å²) in [6.07, 6.45) is 0.509. The van der Waals surface area contributed by atoms with E-state index in [1.165, 1.54) is 0 Å². The summed E-state index contributed by atoms with van der Waals surface area (Å²) in [5.41, 5.74) is 4.54. The summed E-state index contributed by atoms with van der Waals surface area (Å²) in [7, 11) is -3.66. The molecule has 2 heterocycles. The standard InChI is InChI=1S/C28H35N3O5S/c1-19(2)15-31-13-12-26(28(32)30-33)22(16-31)18-37(34,35)24-10-8-23(9-11-24)36-17-21-14-20(3)29-27-7-5-4-6-25(21)27/h4-11,14,19,22,26,33H,12-13,15-18H2,1-3H3,(H,30,32)/t22-,26-/m0/s1. The molecule has 2 atom stereocenters. The predicted molar refractivity (Wildman–Crippen MR) is 142 cm³/mol. The van der Waals surface area contributed by atoms with Gasteiger partial charge in [0.25, 0.3) is 0 Å². The van der Waals surface area contributed by atoms with Gasteiger partial charge >= 0.3 is 0 Å². The van der Waals surface area contributed by atoms with E-state index < -0.39 is 27.6 Å². The smallest absolute Gasteiger partial charge is 0.246 e. The minimum Gasteiger partial charge on any atom is -0.489 e. The van der Waals surface area contributed by atoms with E-state index in [1.807, 2.05) is 37.3 Å². The second-order valence-electron chi connectivity index (χ2n) is 10.3. The Morgan fingerprint density at radius 3 is 2.62 bits per heavy atom. The molecule has 0 aliphatic carbocycles. The molecule has 1 aromatic heterocycles. The lowest BCUT2D eigenvalue weighted by molar-refractivity contribution is -0.136. The van der Waals surface area contributed by atoms with Crippen molar-refractivity contribution in [2.24, 2.45) is 17.8 Å². The Balaban J connectivity index is 1.46. The van der Waals surface area contributed by atoms with E-state index in [2.05, 4.69) is 23.7 Å². The lowest BCUT2D eigenvalue weighted by Crippen LogP contribution is -2.49. The molecule has 8 nitrogen and oxygen atoms in total. The predicted octanol–water partition coefficient (Wildman–Crippen LogP) is 4.00. The van der Waals surface area contributed by atoms with Crippen molar-refractivity contribution in [3.63, 3.8) is 0 Å². The highest BCUT2D eigenvalue weighted by molar-refractivity contribution is 7.91. The zero-order valence-corrected chi connectivity index (χ0v) is 22.4. The topological polar surface area (TPSA) is 109 Å². The fraction of sp³-hybridized carbons (Fsp3) is 0.429. The van der Waals surface area contributed by atoms with E-state index >= 15 is 0 Å². The van der Waals surface area contributed by atoms with Crippen LogP contribution in [0, 0.1) is 24.7 Å². The summed E-state index contributed by atoms with van der Waals surface area (Å²) in [6.45, 7) is 8.53. The van der Waals surface area contributed by atoms with Crippen LogP contribution in [0.5, 0.6) is 5.75 Å². The largest absolute Gasteiger partial charge is 0.489 e. The molecule has 0 saturated carbocycles. The van der Waals surface area contributed by atoms with Crippen LogP contribution in [0.2, 0.25) is 0 Å². The Morgan fingerprint density at radius 1 is 1.19 bits per heavy atom. The molecule has 1 fully saturated rings. The zero-order chi connectivity index (χ0) is 26.6. The number of carbonyl (C=O) groups excluding carboxylic acids is 1. The number of hydrogen-bond donors (Lipinski definition) is 2. The molecule has 1 aliphatic heterocycles. The molecule has 37 heavy (non-hydrogen) atoms. The number of hydroxylamine groups is 1. The van der Waals surface area contributed by atoms with Crippen LogP contribution in [0.4, 0.5) is 0 Å². The molecule has 2 N–H and O–H groups in total. The molecule has 1 amide bonds. The Kier molecular flexibility index (Phi) is 8.46. The number of aryl methyl sites for hydroxylation is 1. The van der Waals surface area contributed by atoms with Crippen LogP contribution >= 0.6 is 0 Å². The molecule has 4 rings (SSSR count). The monoisotopic (exact) mass is 525 g/mol. The number of carbonyl (C=O) groups is 1. The second kappa shape index (κ2) is 11.6. The maximum absolute atomic E-state index is 13.3. The Labute approximate surface area is 218 Å². The summed E-state index contributed by atoms with van der Waals surface area (Å²) in [6, 6.07) is 16.3. The van der Waals surface area contributed by atoms with Crippen molar-refractivity contribution in [3.05, 3.63) is 65.9 Å². The van der Waals surface area contributed by atoms with Crippen molar-refractivity contribution in [3.8, 4) is 5.75 Å². The number of aromatic nitrogens is 1. The third-order valence-corrected chi connectivity index (χ3v) is 8.69. The molecular weight excluding hydrogens is 490 g/mol. The number of likely N-dealkylation sites (tertiary alicyclic amines) is 1. The fourth-order valence-corrected chi connectivity index (χ4v) is 6.83. The molecule has 198 valence electrons. The summed E-state index contributed by atoms with van der Waals surface area (Å²) in [5.74, 6) is -0.652. The number of nitrogens with zero attached hydrogens (tertiary/aromatic N) is 2. The van der Waals surface area contributed by atoms with Gasteiger partial charge in [-0.15, -0.1) is 0 Å². The van der Waals surface area contributed by atoms with Gasteiger partial charge < -0.3 is 9.64 Å². The van der Waals surface area contributed by atoms with E-state index in [1.54, 1.807) is 29.7 Å². The average molecular weight is 526 g/mol. The summed E-state index contributed by atoms with van der Waals surface area (Å²) < 4.78 is 32.6. The van der Waals surface area contributed by atoms with Crippen LogP contribution in [0.25, 0.3) is 10.9 Å². The van der Waals surface area contributed by atoms with Gasteiger partial charge in [-0.05, 0) is 68.1 Å². The van der Waals surface area contributed by atoms with Gasteiger partial charge in [-0.1, -0.05) is 32.0 Å². The van der Waals surface area contributed by atoms with Crippen LogP contribution in [0.15, 0.2) is 59.5 Å². The number of pyridine rings is 1. The molecule has 0 bridgehead atoms. The fourth-order valence-electron chi connectivity index (χ4n) is 5.18. The summed E-state index contributed by atoms with van der Waals surface area (Å²) in [5, 5.41) is 10.2. The van der Waals surface area contributed by atoms with Gasteiger partial charge in [-0.25, -0.2) is 13.9 Å². The van der Waals surface area contributed by atoms with Gasteiger partial charge in [0.2, 0.25) is 5.91 Å². The number of hydrogen-bond acceptors (Lipinski definition) is 7. The molecule has 0 radical (unpaired) electrons. The highest BCUT2D eigenvalue weighted by atomic mass is 32.2. The van der Waals surface area contributed by atoms with E-state index in [0.717, 1.165) is 28.7 Å². The van der Waals surface area contributed by atoms with Crippen molar-refractivity contribution >= 4 is 26.6 Å². The summed E-state index contributed by atoms with van der Waals surface area (Å²) in [4.78, 5) is 19.2. The summed E-state index contributed by atoms with van der Waals surface area (Å²) >= 11 is 0. The van der Waals surface area contributed by atoms with Crippen molar-refractivity contribution in [1.82, 2.24) is 15.4 Å². The molecule has 0 spiro atoms. The average Bonchev–Trinajstić information content (AvgIpc) is 2.86. The van der Waals surface area contributed by atoms with Gasteiger partial charge in [0.1, 0.15) is 12.4 Å². The number of nitrogens with one attached hydrogen (secondary N) is 1. The first-order valence-corrected chi connectivity index (χ1v) is 14.3. The van der Waals surface area contributed by atoms with Gasteiger partial charge in [0, 0.05) is 35.7 Å². The minimum atomic E-state index is -3.66. The number of ether oxygens (including phenoxy) is 1. The molecule has 1 aliphatic rings. The maximum atomic E-state index is 13.3. The zero-order valence-electron chi connectivity index (χ0n) is 21.6. The van der Waals surface area contributed by atoms with Crippen LogP contribution in [-0.4, -0.2) is 54.8 Å². The van der Waals surface area contributed by atoms with E-state index in [4.69, 9.17) is 4.74 Å². The second-order valence-corrected chi connectivity index (χ2v) is 12.3. The lowest BCUT2D eigenvalue weighted by Gasteiger charge is -2.38. The minimum absolute atomic E-state index is 0.165. The quantitative estimate of drug-likeness (QED) is 0.321. The Hall–Kier alpha value is -3.01. The number of benzene rings is 2. The van der Waals surface area contributed by atoms with Gasteiger partial charge in [0.05, 0.1) is 16.2 Å². The van der Waals surface area contributed by atoms with Gasteiger partial charge in [0.15, 0.2) is 9.84 Å². The van der Waals surface area contributed by atoms with Crippen molar-refractivity contribution in [1.29, 1.82) is 0 Å². The number of fused-ring (bicyclic) bond motifs is 1. The highest BCUT2D eigenvalue weighted by Gasteiger charge is 2.37. The maximum Gasteiger partial charge on any atom is 0.246 e. The van der Waals surface area contributed by atoms with Crippen LogP contribution in [0.3, 0.4) is 0 Å². The van der Waals surface area contributed by atoms with Crippen LogP contribution < -0.4 is 10.2 Å². The molecule has 3 aromatic rings. The third-order valence-electron chi connectivity index (χ3n) is 6.83. The number of piperidine rings is 1. The molecule has 0 unspecified atom stereocenters. The number of rotatable bonds is 9. The first kappa shape index (κ1) is 27.0. The molecule has 1 saturated heterocycles. The highest BCUT2D eigenvalue weighted by Crippen LogP contribution is 2.29. The number of amides is 1. The Morgan fingerprint density at radius 2 is 1.92 bits per heavy atom. The molecular formula is C28H35N3O5S. The normalized spacial score (nSPS) is 18.7. The van der Waals surface area contributed by atoms with E-state index in [-0.39, 0.29) is 10.6 Å². The number of sulfone groups is 1. The Bertz CT molecular complexity index is 1340. The van der Waals surface area contributed by atoms with Gasteiger partial charge in [-0.3, -0.25) is 15.0 Å². The number of para-hydroxylation sites is 1. The van der Waals surface area contributed by atoms with Gasteiger partial charge in [-0.2, -0.15) is 0 Å². The van der Waals surface area contributed by atoms with Crippen molar-refractivity contribution < 1.29 is 23.2 Å². The first-order valence-electron chi connectivity index (χ1n) is 12.6.